The first kappa shape index (κ1) is 21.7. The Morgan fingerprint density at radius 1 is 0.879 bits per heavy atom. The summed E-state index contributed by atoms with van der Waals surface area (Å²) in [5, 5.41) is 7.31. The first-order valence-electron chi connectivity index (χ1n) is 10.3. The highest BCUT2D eigenvalue weighted by molar-refractivity contribution is 6.03. The van der Waals surface area contributed by atoms with Gasteiger partial charge in [-0.1, -0.05) is 72.8 Å². The number of amides is 2. The Labute approximate surface area is 190 Å². The molecule has 33 heavy (non-hydrogen) atoms. The van der Waals surface area contributed by atoms with Crippen LogP contribution in [0.4, 0.5) is 0 Å². The second-order valence-electron chi connectivity index (χ2n) is 7.50. The van der Waals surface area contributed by atoms with Crippen LogP contribution >= 0.6 is 0 Å². The van der Waals surface area contributed by atoms with Crippen LogP contribution in [-0.4, -0.2) is 21.6 Å². The fourth-order valence-corrected chi connectivity index (χ4v) is 3.58. The molecule has 0 aliphatic rings. The molecule has 7 nitrogen and oxygen atoms in total. The fraction of sp³-hybridized carbons (Fsp3) is 0.0769. The molecule has 0 atom stereocenters. The number of nitrogens with two attached hydrogens (primary N) is 1. The molecule has 3 N–H and O–H groups in total. The minimum absolute atomic E-state index is 0.0197. The molecule has 3 aromatic carbocycles. The van der Waals surface area contributed by atoms with E-state index in [2.05, 4.69) is 10.4 Å². The molecule has 0 unspecified atom stereocenters. The number of nitrogens with zero attached hydrogens (tertiary/aromatic N) is 2. The van der Waals surface area contributed by atoms with Crippen LogP contribution in [0.25, 0.3) is 22.4 Å². The third-order valence-electron chi connectivity index (χ3n) is 5.27. The number of hydrogen-bond donors (Lipinski definition) is 2. The molecule has 0 aliphatic carbocycles. The van der Waals surface area contributed by atoms with Gasteiger partial charge in [0.15, 0.2) is 0 Å². The van der Waals surface area contributed by atoms with Crippen LogP contribution < -0.4 is 16.6 Å². The van der Waals surface area contributed by atoms with E-state index >= 15 is 0 Å². The van der Waals surface area contributed by atoms with Crippen molar-refractivity contribution in [3.05, 3.63) is 112 Å². The number of carbonyl (C=O) groups excluding carboxylic acids is 2. The molecule has 0 bridgehead atoms. The third kappa shape index (κ3) is 4.57. The first-order chi connectivity index (χ1) is 16.0. The third-order valence-corrected chi connectivity index (χ3v) is 5.27. The number of primary amides is 1. The molecular weight excluding hydrogens is 416 g/mol. The van der Waals surface area contributed by atoms with Gasteiger partial charge >= 0.3 is 0 Å². The Balaban J connectivity index is 1.78. The second kappa shape index (κ2) is 9.32. The van der Waals surface area contributed by atoms with Gasteiger partial charge in [-0.05, 0) is 23.3 Å². The van der Waals surface area contributed by atoms with E-state index in [-0.39, 0.29) is 12.1 Å². The molecule has 0 fully saturated rings. The number of rotatable bonds is 6. The number of nitrogens with one attached hydrogen (secondary N) is 1. The van der Waals surface area contributed by atoms with Gasteiger partial charge in [-0.2, -0.15) is 5.10 Å². The zero-order chi connectivity index (χ0) is 23.4. The predicted molar refractivity (Wildman–Crippen MR) is 126 cm³/mol. The summed E-state index contributed by atoms with van der Waals surface area (Å²) in [5.74, 6) is -1.03. The van der Waals surface area contributed by atoms with Crippen molar-refractivity contribution in [3.63, 3.8) is 0 Å². The number of hydrogen-bond acceptors (Lipinski definition) is 4. The molecule has 0 saturated carbocycles. The molecule has 1 aromatic heterocycles. The Bertz CT molecular complexity index is 1360. The summed E-state index contributed by atoms with van der Waals surface area (Å²) >= 11 is 0. The van der Waals surface area contributed by atoms with Crippen molar-refractivity contribution >= 4 is 11.8 Å². The lowest BCUT2D eigenvalue weighted by Gasteiger charge is -2.16. The Morgan fingerprint density at radius 3 is 2.03 bits per heavy atom. The smallest absolute Gasteiger partial charge is 0.280 e. The number of aromatic nitrogens is 2. The van der Waals surface area contributed by atoms with Gasteiger partial charge in [-0.3, -0.25) is 14.4 Å². The number of benzene rings is 3. The van der Waals surface area contributed by atoms with E-state index in [0.717, 1.165) is 16.7 Å². The Morgan fingerprint density at radius 2 is 1.45 bits per heavy atom. The minimum Gasteiger partial charge on any atom is -0.366 e. The van der Waals surface area contributed by atoms with Crippen LogP contribution in [0.2, 0.25) is 0 Å². The van der Waals surface area contributed by atoms with Gasteiger partial charge in [-0.15, -0.1) is 0 Å². The fourth-order valence-electron chi connectivity index (χ4n) is 3.58. The average Bonchev–Trinajstić information content (AvgIpc) is 2.85. The highest BCUT2D eigenvalue weighted by Gasteiger charge is 2.24. The second-order valence-corrected chi connectivity index (χ2v) is 7.50. The highest BCUT2D eigenvalue weighted by Crippen LogP contribution is 2.31. The molecule has 0 aliphatic heterocycles. The van der Waals surface area contributed by atoms with Crippen molar-refractivity contribution in [1.29, 1.82) is 0 Å². The van der Waals surface area contributed by atoms with E-state index in [9.17, 15) is 14.4 Å². The average molecular weight is 438 g/mol. The van der Waals surface area contributed by atoms with Gasteiger partial charge in [-0.25, -0.2) is 4.68 Å². The normalized spacial score (nSPS) is 10.6. The molecule has 0 spiro atoms. The summed E-state index contributed by atoms with van der Waals surface area (Å²) in [7, 11) is 1.53. The van der Waals surface area contributed by atoms with E-state index < -0.39 is 17.4 Å². The maximum atomic E-state index is 13.3. The van der Waals surface area contributed by atoms with Crippen molar-refractivity contribution in [3.8, 4) is 22.4 Å². The molecule has 0 radical (unpaired) electrons. The lowest BCUT2D eigenvalue weighted by Crippen LogP contribution is -2.34. The van der Waals surface area contributed by atoms with E-state index in [1.807, 2.05) is 60.7 Å². The van der Waals surface area contributed by atoms with Gasteiger partial charge in [0.2, 0.25) is 5.91 Å². The Kier molecular flexibility index (Phi) is 6.13. The van der Waals surface area contributed by atoms with Crippen LogP contribution in [0, 0.1) is 0 Å². The van der Waals surface area contributed by atoms with Gasteiger partial charge in [0.05, 0.1) is 5.69 Å². The van der Waals surface area contributed by atoms with Crippen LogP contribution in [0.15, 0.2) is 89.7 Å². The Hall–Kier alpha value is -4.52. The molecule has 4 rings (SSSR count). The predicted octanol–water partition coefficient (Wildman–Crippen LogP) is 3.14. The van der Waals surface area contributed by atoms with E-state index in [0.29, 0.717) is 16.8 Å². The summed E-state index contributed by atoms with van der Waals surface area (Å²) in [6.45, 7) is 0.179. The molecule has 4 aromatic rings. The van der Waals surface area contributed by atoms with Gasteiger partial charge in [0.25, 0.3) is 11.5 Å². The molecule has 2 amide bonds. The topological polar surface area (TPSA) is 107 Å². The molecule has 1 heterocycles. The van der Waals surface area contributed by atoms with Gasteiger partial charge in [0.1, 0.15) is 5.56 Å². The number of aryl methyl sites for hydroxylation is 1. The largest absolute Gasteiger partial charge is 0.366 e. The van der Waals surface area contributed by atoms with E-state index in [1.165, 1.54) is 11.7 Å². The zero-order valence-electron chi connectivity index (χ0n) is 18.0. The van der Waals surface area contributed by atoms with Crippen LogP contribution in [0.5, 0.6) is 0 Å². The highest BCUT2D eigenvalue weighted by atomic mass is 16.2. The molecule has 7 heteroatoms. The van der Waals surface area contributed by atoms with E-state index in [1.54, 1.807) is 24.3 Å². The maximum absolute atomic E-state index is 13.3. The molecule has 0 saturated heterocycles. The lowest BCUT2D eigenvalue weighted by molar-refractivity contribution is 0.0947. The maximum Gasteiger partial charge on any atom is 0.280 e. The summed E-state index contributed by atoms with van der Waals surface area (Å²) in [6.07, 6.45) is 0. The van der Waals surface area contributed by atoms with Crippen molar-refractivity contribution in [2.24, 2.45) is 12.8 Å². The summed E-state index contributed by atoms with van der Waals surface area (Å²) in [4.78, 5) is 37.7. The van der Waals surface area contributed by atoms with Crippen molar-refractivity contribution in [1.82, 2.24) is 15.1 Å². The summed E-state index contributed by atoms with van der Waals surface area (Å²) in [5.41, 5.74) is 8.49. The van der Waals surface area contributed by atoms with E-state index in [4.69, 9.17) is 5.73 Å². The zero-order valence-corrected chi connectivity index (χ0v) is 18.0. The quantitative estimate of drug-likeness (QED) is 0.482. The summed E-state index contributed by atoms with van der Waals surface area (Å²) < 4.78 is 1.19. The van der Waals surface area contributed by atoms with Crippen molar-refractivity contribution < 1.29 is 9.59 Å². The van der Waals surface area contributed by atoms with Crippen LogP contribution in [0.3, 0.4) is 0 Å². The minimum atomic E-state index is -0.521. The summed E-state index contributed by atoms with van der Waals surface area (Å²) in [6, 6.07) is 25.3. The monoisotopic (exact) mass is 438 g/mol. The van der Waals surface area contributed by atoms with Crippen molar-refractivity contribution in [2.75, 3.05) is 0 Å². The number of carbonyl (C=O) groups is 2. The standard InChI is InChI=1S/C26H22N4O3/c1-30-26(33)22(25(32)28-16-17-12-14-20(15-13-17)24(27)31)21(18-8-4-2-5-9-18)23(29-30)19-10-6-3-7-11-19/h2-15H,16H2,1H3,(H2,27,31)(H,28,32). The van der Waals surface area contributed by atoms with Crippen LogP contribution in [0.1, 0.15) is 26.3 Å². The first-order valence-corrected chi connectivity index (χ1v) is 10.3. The molecule has 164 valence electrons. The van der Waals surface area contributed by atoms with Gasteiger partial charge < -0.3 is 11.1 Å². The molecular formula is C26H22N4O3. The van der Waals surface area contributed by atoms with Crippen molar-refractivity contribution in [2.45, 2.75) is 6.54 Å². The van der Waals surface area contributed by atoms with Gasteiger partial charge in [0, 0.05) is 30.3 Å². The SMILES string of the molecule is Cn1nc(-c2ccccc2)c(-c2ccccc2)c(C(=O)NCc2ccc(C(N)=O)cc2)c1=O. The lowest BCUT2D eigenvalue weighted by atomic mass is 9.95. The van der Waals surface area contributed by atoms with Crippen LogP contribution in [-0.2, 0) is 13.6 Å².